The van der Waals surface area contributed by atoms with E-state index in [1.807, 2.05) is 61.5 Å². The summed E-state index contributed by atoms with van der Waals surface area (Å²) in [5.41, 5.74) is 2.95. The molecule has 3 aromatic carbocycles. The molecule has 0 spiro atoms. The Morgan fingerprint density at radius 1 is 0.946 bits per heavy atom. The van der Waals surface area contributed by atoms with Crippen LogP contribution in [0.25, 0.3) is 0 Å². The number of carbonyl (C=O) groups is 2. The maximum atomic E-state index is 13.9. The van der Waals surface area contributed by atoms with E-state index in [2.05, 4.69) is 5.32 Å². The van der Waals surface area contributed by atoms with Crippen molar-refractivity contribution in [3.63, 3.8) is 0 Å². The highest BCUT2D eigenvalue weighted by molar-refractivity contribution is 7.92. The number of ether oxygens (including phenoxy) is 1. The average molecular weight is 524 g/mol. The van der Waals surface area contributed by atoms with Crippen LogP contribution in [0.4, 0.5) is 5.69 Å². The Labute approximate surface area is 218 Å². The Morgan fingerprint density at radius 3 is 2.19 bits per heavy atom. The van der Waals surface area contributed by atoms with E-state index in [-0.39, 0.29) is 24.6 Å². The first-order chi connectivity index (χ1) is 17.7. The lowest BCUT2D eigenvalue weighted by molar-refractivity contribution is -0.139. The van der Waals surface area contributed by atoms with Crippen LogP contribution in [0.1, 0.15) is 16.7 Å². The van der Waals surface area contributed by atoms with Gasteiger partial charge in [0.05, 0.1) is 19.1 Å². The van der Waals surface area contributed by atoms with E-state index in [1.54, 1.807) is 24.3 Å². The van der Waals surface area contributed by atoms with Crippen LogP contribution in [0.15, 0.2) is 78.9 Å². The number of sulfonamides is 1. The zero-order chi connectivity index (χ0) is 27.0. The van der Waals surface area contributed by atoms with Gasteiger partial charge >= 0.3 is 0 Å². The Morgan fingerprint density at radius 2 is 1.57 bits per heavy atom. The minimum Gasteiger partial charge on any atom is -0.495 e. The molecule has 9 heteroatoms. The number of rotatable bonds is 11. The number of hydrogen-bond donors (Lipinski definition) is 1. The standard InChI is InChI=1S/C28H33N3O5S/c1-21-12-8-9-15-23(21)19-30(25(28(33)29-2)18-22-13-6-5-7-14-22)27(32)20-31(37(4,34)35)24-16-10-11-17-26(24)36-3/h5-17,25H,18-20H2,1-4H3,(H,29,33)/t25-/m1/s1. The number of amides is 2. The van der Waals surface area contributed by atoms with E-state index in [1.165, 1.54) is 19.1 Å². The Bertz CT molecular complexity index is 1330. The van der Waals surface area contributed by atoms with Gasteiger partial charge in [0, 0.05) is 20.0 Å². The molecule has 0 bridgehead atoms. The van der Waals surface area contributed by atoms with Crippen molar-refractivity contribution in [2.24, 2.45) is 0 Å². The maximum Gasteiger partial charge on any atom is 0.244 e. The van der Waals surface area contributed by atoms with Crippen molar-refractivity contribution in [2.45, 2.75) is 25.9 Å². The molecule has 0 aliphatic heterocycles. The number of carbonyl (C=O) groups excluding carboxylic acids is 2. The molecule has 0 aliphatic carbocycles. The topological polar surface area (TPSA) is 96.0 Å². The summed E-state index contributed by atoms with van der Waals surface area (Å²) >= 11 is 0. The van der Waals surface area contributed by atoms with Crippen LogP contribution in [0.5, 0.6) is 5.75 Å². The quantitative estimate of drug-likeness (QED) is 0.417. The summed E-state index contributed by atoms with van der Waals surface area (Å²) < 4.78 is 32.1. The van der Waals surface area contributed by atoms with Crippen LogP contribution < -0.4 is 14.4 Å². The van der Waals surface area contributed by atoms with Gasteiger partial charge in [-0.15, -0.1) is 0 Å². The summed E-state index contributed by atoms with van der Waals surface area (Å²) in [5, 5.41) is 2.67. The van der Waals surface area contributed by atoms with Crippen LogP contribution in [0.3, 0.4) is 0 Å². The summed E-state index contributed by atoms with van der Waals surface area (Å²) in [6.45, 7) is 1.58. The van der Waals surface area contributed by atoms with Crippen molar-refractivity contribution in [1.29, 1.82) is 0 Å². The van der Waals surface area contributed by atoms with E-state index in [0.29, 0.717) is 5.75 Å². The monoisotopic (exact) mass is 523 g/mol. The Kier molecular flexibility index (Phi) is 9.30. The first kappa shape index (κ1) is 27.7. The number of methoxy groups -OCH3 is 1. The summed E-state index contributed by atoms with van der Waals surface area (Å²) in [7, 11) is -0.905. The Balaban J connectivity index is 2.06. The molecule has 3 rings (SSSR count). The van der Waals surface area contributed by atoms with Crippen molar-refractivity contribution >= 4 is 27.5 Å². The lowest BCUT2D eigenvalue weighted by atomic mass is 10.0. The minimum absolute atomic E-state index is 0.139. The molecule has 0 radical (unpaired) electrons. The third-order valence-corrected chi connectivity index (χ3v) is 7.28. The van der Waals surface area contributed by atoms with Gasteiger partial charge in [0.25, 0.3) is 0 Å². The maximum absolute atomic E-state index is 13.9. The highest BCUT2D eigenvalue weighted by atomic mass is 32.2. The van der Waals surface area contributed by atoms with Crippen molar-refractivity contribution < 1.29 is 22.7 Å². The summed E-state index contributed by atoms with van der Waals surface area (Å²) in [6.07, 6.45) is 1.31. The first-order valence-electron chi connectivity index (χ1n) is 11.9. The Hall–Kier alpha value is -3.85. The van der Waals surface area contributed by atoms with Gasteiger partial charge in [-0.1, -0.05) is 66.7 Å². The van der Waals surface area contributed by atoms with Crippen LogP contribution >= 0.6 is 0 Å². The van der Waals surface area contributed by atoms with E-state index in [4.69, 9.17) is 4.74 Å². The van der Waals surface area contributed by atoms with Crippen LogP contribution in [0.2, 0.25) is 0 Å². The fraction of sp³-hybridized carbons (Fsp3) is 0.286. The van der Waals surface area contributed by atoms with Gasteiger partial charge in [0.15, 0.2) is 0 Å². The van der Waals surface area contributed by atoms with Crippen LogP contribution in [-0.2, 0) is 32.6 Å². The molecule has 3 aromatic rings. The number of likely N-dealkylation sites (N-methyl/N-ethyl adjacent to an activating group) is 1. The van der Waals surface area contributed by atoms with Gasteiger partial charge in [-0.3, -0.25) is 13.9 Å². The molecule has 37 heavy (non-hydrogen) atoms. The molecule has 0 saturated carbocycles. The predicted molar refractivity (Wildman–Crippen MR) is 145 cm³/mol. The normalized spacial score (nSPS) is 11.9. The average Bonchev–Trinajstić information content (AvgIpc) is 2.89. The second-order valence-corrected chi connectivity index (χ2v) is 10.6. The second kappa shape index (κ2) is 12.4. The van der Waals surface area contributed by atoms with Gasteiger partial charge in [-0.05, 0) is 35.7 Å². The summed E-state index contributed by atoms with van der Waals surface area (Å²) in [6, 6.07) is 22.8. The first-order valence-corrected chi connectivity index (χ1v) is 13.7. The molecular formula is C28H33N3O5S. The fourth-order valence-corrected chi connectivity index (χ4v) is 4.98. The van der Waals surface area contributed by atoms with E-state index in [9.17, 15) is 18.0 Å². The molecule has 1 N–H and O–H groups in total. The van der Waals surface area contributed by atoms with Gasteiger partial charge in [-0.25, -0.2) is 8.42 Å². The molecule has 0 unspecified atom stereocenters. The van der Waals surface area contributed by atoms with E-state index in [0.717, 1.165) is 27.3 Å². The zero-order valence-electron chi connectivity index (χ0n) is 21.5. The molecule has 0 aromatic heterocycles. The minimum atomic E-state index is -3.87. The molecular weight excluding hydrogens is 490 g/mol. The summed E-state index contributed by atoms with van der Waals surface area (Å²) in [4.78, 5) is 28.5. The number of nitrogens with zero attached hydrogens (tertiary/aromatic N) is 2. The number of hydrogen-bond acceptors (Lipinski definition) is 5. The van der Waals surface area contributed by atoms with Crippen molar-refractivity contribution in [3.05, 3.63) is 95.6 Å². The van der Waals surface area contributed by atoms with Crippen molar-refractivity contribution in [3.8, 4) is 5.75 Å². The number of aryl methyl sites for hydroxylation is 1. The van der Waals surface area contributed by atoms with Crippen molar-refractivity contribution in [2.75, 3.05) is 31.3 Å². The van der Waals surface area contributed by atoms with Crippen LogP contribution in [-0.4, -0.2) is 58.1 Å². The molecule has 0 fully saturated rings. The molecule has 0 heterocycles. The van der Waals surface area contributed by atoms with Gasteiger partial charge < -0.3 is 15.0 Å². The molecule has 2 amide bonds. The highest BCUT2D eigenvalue weighted by Crippen LogP contribution is 2.30. The molecule has 196 valence electrons. The van der Waals surface area contributed by atoms with Gasteiger partial charge in [-0.2, -0.15) is 0 Å². The van der Waals surface area contributed by atoms with E-state index < -0.39 is 28.5 Å². The smallest absolute Gasteiger partial charge is 0.244 e. The second-order valence-electron chi connectivity index (χ2n) is 8.71. The SMILES string of the molecule is CNC(=O)[C@@H](Cc1ccccc1)N(Cc1ccccc1C)C(=O)CN(c1ccccc1OC)S(C)(=O)=O. The van der Waals surface area contributed by atoms with Gasteiger partial charge in [0.2, 0.25) is 21.8 Å². The third-order valence-electron chi connectivity index (χ3n) is 6.15. The number of anilines is 1. The largest absolute Gasteiger partial charge is 0.495 e. The lowest BCUT2D eigenvalue weighted by Gasteiger charge is -2.33. The van der Waals surface area contributed by atoms with E-state index >= 15 is 0 Å². The molecule has 1 atom stereocenters. The highest BCUT2D eigenvalue weighted by Gasteiger charge is 2.33. The van der Waals surface area contributed by atoms with Crippen LogP contribution in [0, 0.1) is 6.92 Å². The lowest BCUT2D eigenvalue weighted by Crippen LogP contribution is -2.53. The molecule has 0 saturated heterocycles. The number of nitrogens with one attached hydrogen (secondary N) is 1. The van der Waals surface area contributed by atoms with Gasteiger partial charge in [0.1, 0.15) is 18.3 Å². The number of para-hydroxylation sites is 2. The third kappa shape index (κ3) is 7.10. The molecule has 0 aliphatic rings. The number of benzene rings is 3. The summed E-state index contributed by atoms with van der Waals surface area (Å²) in [5.74, 6) is -0.531. The fourth-order valence-electron chi connectivity index (χ4n) is 4.12. The van der Waals surface area contributed by atoms with Crippen molar-refractivity contribution in [1.82, 2.24) is 10.2 Å². The predicted octanol–water partition coefficient (Wildman–Crippen LogP) is 3.16. The molecule has 8 nitrogen and oxygen atoms in total. The zero-order valence-corrected chi connectivity index (χ0v) is 22.4.